The second-order valence-corrected chi connectivity index (χ2v) is 5.27. The van der Waals surface area contributed by atoms with Crippen LogP contribution in [0.25, 0.3) is 0 Å². The highest BCUT2D eigenvalue weighted by Crippen LogP contribution is 2.48. The maximum absolute atomic E-state index is 11.1. The highest BCUT2D eigenvalue weighted by Gasteiger charge is 2.41. The Bertz CT molecular complexity index is 459. The summed E-state index contributed by atoms with van der Waals surface area (Å²) >= 11 is 0. The molecule has 0 spiro atoms. The van der Waals surface area contributed by atoms with Gasteiger partial charge in [-0.3, -0.25) is 4.98 Å². The summed E-state index contributed by atoms with van der Waals surface area (Å²) in [6, 6.07) is 3.63. The van der Waals surface area contributed by atoms with Crippen LogP contribution in [0.5, 0.6) is 0 Å². The smallest absolute Gasteiger partial charge is 0.337 e. The molecule has 0 amide bonds. The number of carbonyl (C=O) groups is 1. The molecule has 1 aromatic rings. The van der Waals surface area contributed by atoms with Gasteiger partial charge in [0.1, 0.15) is 0 Å². The fraction of sp³-hybridized carbons (Fsp3) is 0.538. The zero-order chi connectivity index (χ0) is 11.3. The molecular weight excluding hydrogens is 202 g/mol. The zero-order valence-electron chi connectivity index (χ0n) is 9.36. The van der Waals surface area contributed by atoms with Crippen molar-refractivity contribution in [2.75, 3.05) is 0 Å². The predicted molar refractivity (Wildman–Crippen MR) is 59.8 cm³/mol. The van der Waals surface area contributed by atoms with E-state index in [0.29, 0.717) is 11.5 Å². The lowest BCUT2D eigenvalue weighted by Gasteiger charge is -2.11. The average Bonchev–Trinajstić information content (AvgIpc) is 3.11. The van der Waals surface area contributed by atoms with Gasteiger partial charge in [-0.15, -0.1) is 0 Å². The molecule has 0 saturated heterocycles. The zero-order valence-corrected chi connectivity index (χ0v) is 9.36. The standard InChI is InChI=1S/C13H15NO2/c1-13(6-7-13)10-5-4-9(12(15)16)11(14-10)8-2-3-8/h4-5,8H,2-3,6-7H2,1H3,(H,15,16). The van der Waals surface area contributed by atoms with Gasteiger partial charge in [-0.25, -0.2) is 4.79 Å². The van der Waals surface area contributed by atoms with E-state index < -0.39 is 5.97 Å². The minimum Gasteiger partial charge on any atom is -0.478 e. The van der Waals surface area contributed by atoms with Crippen molar-refractivity contribution < 1.29 is 9.90 Å². The van der Waals surface area contributed by atoms with Crippen LogP contribution in [0.4, 0.5) is 0 Å². The van der Waals surface area contributed by atoms with Crippen LogP contribution in [0.15, 0.2) is 12.1 Å². The first-order valence-corrected chi connectivity index (χ1v) is 5.85. The first-order chi connectivity index (χ1) is 7.60. The van der Waals surface area contributed by atoms with Gasteiger partial charge in [0.05, 0.1) is 11.3 Å². The molecule has 2 saturated carbocycles. The average molecular weight is 217 g/mol. The summed E-state index contributed by atoms with van der Waals surface area (Å²) in [6.07, 6.45) is 4.54. The molecule has 0 aromatic carbocycles. The van der Waals surface area contributed by atoms with Crippen molar-refractivity contribution in [2.24, 2.45) is 0 Å². The third-order valence-corrected chi connectivity index (χ3v) is 3.74. The number of aromatic nitrogens is 1. The van der Waals surface area contributed by atoms with Crippen LogP contribution in [-0.4, -0.2) is 16.1 Å². The van der Waals surface area contributed by atoms with Crippen molar-refractivity contribution in [3.05, 3.63) is 29.1 Å². The number of carboxylic acid groups (broad SMARTS) is 1. The number of hydrogen-bond donors (Lipinski definition) is 1. The maximum atomic E-state index is 11.1. The Morgan fingerprint density at radius 2 is 2.12 bits per heavy atom. The van der Waals surface area contributed by atoms with Crippen LogP contribution in [0.3, 0.4) is 0 Å². The molecule has 1 N–H and O–H groups in total. The van der Waals surface area contributed by atoms with Gasteiger partial charge in [0.15, 0.2) is 0 Å². The highest BCUT2D eigenvalue weighted by atomic mass is 16.4. The van der Waals surface area contributed by atoms with E-state index in [-0.39, 0.29) is 5.41 Å². The minimum absolute atomic E-state index is 0.223. The molecule has 0 aliphatic heterocycles. The molecule has 16 heavy (non-hydrogen) atoms. The van der Waals surface area contributed by atoms with Crippen LogP contribution in [-0.2, 0) is 5.41 Å². The molecule has 1 heterocycles. The minimum atomic E-state index is -0.845. The van der Waals surface area contributed by atoms with E-state index in [1.807, 2.05) is 6.07 Å². The van der Waals surface area contributed by atoms with E-state index in [2.05, 4.69) is 11.9 Å². The van der Waals surface area contributed by atoms with E-state index in [4.69, 9.17) is 5.11 Å². The quantitative estimate of drug-likeness (QED) is 0.846. The van der Waals surface area contributed by atoms with Gasteiger partial charge < -0.3 is 5.11 Å². The second-order valence-electron chi connectivity index (χ2n) is 5.27. The van der Waals surface area contributed by atoms with Gasteiger partial charge in [0, 0.05) is 17.0 Å². The van der Waals surface area contributed by atoms with Gasteiger partial charge >= 0.3 is 5.97 Å². The van der Waals surface area contributed by atoms with Crippen molar-refractivity contribution in [1.29, 1.82) is 0 Å². The second kappa shape index (κ2) is 3.06. The molecule has 0 radical (unpaired) electrons. The van der Waals surface area contributed by atoms with E-state index in [1.165, 1.54) is 12.8 Å². The third kappa shape index (κ3) is 1.51. The molecule has 2 aliphatic carbocycles. The molecule has 0 unspecified atom stereocenters. The van der Waals surface area contributed by atoms with E-state index in [9.17, 15) is 4.79 Å². The van der Waals surface area contributed by atoms with Crippen molar-refractivity contribution in [3.63, 3.8) is 0 Å². The van der Waals surface area contributed by atoms with Crippen LogP contribution < -0.4 is 0 Å². The Balaban J connectivity index is 2.05. The Morgan fingerprint density at radius 1 is 1.44 bits per heavy atom. The summed E-state index contributed by atoms with van der Waals surface area (Å²) in [7, 11) is 0. The lowest BCUT2D eigenvalue weighted by Crippen LogP contribution is -2.10. The Morgan fingerprint density at radius 3 is 2.62 bits per heavy atom. The van der Waals surface area contributed by atoms with E-state index in [0.717, 1.165) is 24.2 Å². The molecular formula is C13H15NO2. The Labute approximate surface area is 94.5 Å². The first kappa shape index (κ1) is 9.82. The monoisotopic (exact) mass is 217 g/mol. The lowest BCUT2D eigenvalue weighted by atomic mass is 10.0. The summed E-state index contributed by atoms with van der Waals surface area (Å²) in [6.45, 7) is 2.20. The van der Waals surface area contributed by atoms with Gasteiger partial charge in [-0.2, -0.15) is 0 Å². The molecule has 3 nitrogen and oxygen atoms in total. The highest BCUT2D eigenvalue weighted by molar-refractivity contribution is 5.89. The van der Waals surface area contributed by atoms with Gasteiger partial charge in [0.2, 0.25) is 0 Å². The Hall–Kier alpha value is -1.38. The summed E-state index contributed by atoms with van der Waals surface area (Å²) in [5.74, 6) is -0.449. The topological polar surface area (TPSA) is 50.2 Å². The molecule has 3 heteroatoms. The lowest BCUT2D eigenvalue weighted by molar-refractivity contribution is 0.0695. The van der Waals surface area contributed by atoms with Crippen molar-refractivity contribution in [1.82, 2.24) is 4.98 Å². The summed E-state index contributed by atoms with van der Waals surface area (Å²) in [5.41, 5.74) is 2.52. The van der Waals surface area contributed by atoms with Crippen molar-refractivity contribution in [3.8, 4) is 0 Å². The SMILES string of the molecule is CC1(c2ccc(C(=O)O)c(C3CC3)n2)CC1. The maximum Gasteiger partial charge on any atom is 0.337 e. The number of aromatic carboxylic acids is 1. The molecule has 84 valence electrons. The normalized spacial score (nSPS) is 21.8. The molecule has 2 aliphatic rings. The summed E-state index contributed by atoms with van der Waals surface area (Å²) < 4.78 is 0. The van der Waals surface area contributed by atoms with Gasteiger partial charge in [0.25, 0.3) is 0 Å². The summed E-state index contributed by atoms with van der Waals surface area (Å²) in [5, 5.41) is 9.11. The number of nitrogens with zero attached hydrogens (tertiary/aromatic N) is 1. The van der Waals surface area contributed by atoms with Gasteiger partial charge in [-0.05, 0) is 37.8 Å². The molecule has 2 fully saturated rings. The molecule has 0 atom stereocenters. The van der Waals surface area contributed by atoms with Gasteiger partial charge in [-0.1, -0.05) is 6.92 Å². The molecule has 3 rings (SSSR count). The van der Waals surface area contributed by atoms with E-state index >= 15 is 0 Å². The van der Waals surface area contributed by atoms with Crippen LogP contribution in [0, 0.1) is 0 Å². The van der Waals surface area contributed by atoms with Crippen LogP contribution in [0.1, 0.15) is 60.3 Å². The Kier molecular flexibility index (Phi) is 1.88. The van der Waals surface area contributed by atoms with Crippen molar-refractivity contribution in [2.45, 2.75) is 43.9 Å². The van der Waals surface area contributed by atoms with E-state index in [1.54, 1.807) is 6.07 Å². The fourth-order valence-electron chi connectivity index (χ4n) is 2.10. The van der Waals surface area contributed by atoms with Crippen LogP contribution >= 0.6 is 0 Å². The first-order valence-electron chi connectivity index (χ1n) is 5.85. The number of carboxylic acids is 1. The van der Waals surface area contributed by atoms with Crippen LogP contribution in [0.2, 0.25) is 0 Å². The summed E-state index contributed by atoms with van der Waals surface area (Å²) in [4.78, 5) is 15.7. The number of hydrogen-bond acceptors (Lipinski definition) is 2. The third-order valence-electron chi connectivity index (χ3n) is 3.74. The fourth-order valence-corrected chi connectivity index (χ4v) is 2.10. The number of rotatable bonds is 3. The predicted octanol–water partition coefficient (Wildman–Crippen LogP) is 2.71. The largest absolute Gasteiger partial charge is 0.478 e. The molecule has 0 bridgehead atoms. The molecule has 1 aromatic heterocycles. The number of pyridine rings is 1. The van der Waals surface area contributed by atoms with Crippen molar-refractivity contribution >= 4 is 5.97 Å².